The lowest BCUT2D eigenvalue weighted by Crippen LogP contribution is -2.38. The van der Waals surface area contributed by atoms with Crippen LogP contribution >= 0.6 is 0 Å². The van der Waals surface area contributed by atoms with Crippen LogP contribution in [0, 0.1) is 5.41 Å². The first-order chi connectivity index (χ1) is 11.1. The van der Waals surface area contributed by atoms with Gasteiger partial charge in [0.05, 0.1) is 17.9 Å². The van der Waals surface area contributed by atoms with Crippen molar-refractivity contribution < 1.29 is 4.74 Å². The van der Waals surface area contributed by atoms with E-state index in [9.17, 15) is 0 Å². The van der Waals surface area contributed by atoms with Gasteiger partial charge in [-0.05, 0) is 70.4 Å². The minimum Gasteiger partial charge on any atom is -0.374 e. The van der Waals surface area contributed by atoms with E-state index in [0.29, 0.717) is 11.3 Å². The second-order valence-electron chi connectivity index (χ2n) is 9.61. The fourth-order valence-electron chi connectivity index (χ4n) is 4.66. The molecule has 1 aliphatic heterocycles. The number of hydrogen-bond donors (Lipinski definition) is 1. The predicted octanol–water partition coefficient (Wildman–Crippen LogP) is 3.80. The molecule has 1 spiro atoms. The fraction of sp³-hybridized carbons (Fsp3) is 0.850. The Morgan fingerprint density at radius 3 is 2.54 bits per heavy atom. The van der Waals surface area contributed by atoms with Crippen molar-refractivity contribution in [1.82, 2.24) is 15.1 Å². The van der Waals surface area contributed by atoms with Gasteiger partial charge in [0.2, 0.25) is 0 Å². The Hall–Kier alpha value is -0.870. The SMILES string of the molecule is CNC(C)(C)Cc1cn(C)nc1C1CCC2(CC1)CC(C)(C)CO2. The molecule has 4 heteroatoms. The van der Waals surface area contributed by atoms with E-state index in [4.69, 9.17) is 9.84 Å². The van der Waals surface area contributed by atoms with Crippen molar-refractivity contribution >= 4 is 0 Å². The molecule has 0 radical (unpaired) electrons. The molecule has 2 aliphatic rings. The van der Waals surface area contributed by atoms with Gasteiger partial charge < -0.3 is 10.1 Å². The van der Waals surface area contributed by atoms with Crippen molar-refractivity contribution in [1.29, 1.82) is 0 Å². The van der Waals surface area contributed by atoms with Gasteiger partial charge in [0.25, 0.3) is 0 Å². The monoisotopic (exact) mass is 333 g/mol. The molecule has 1 aliphatic carbocycles. The maximum Gasteiger partial charge on any atom is 0.0689 e. The highest BCUT2D eigenvalue weighted by molar-refractivity contribution is 5.24. The van der Waals surface area contributed by atoms with Gasteiger partial charge in [-0.1, -0.05) is 13.8 Å². The molecular weight excluding hydrogens is 298 g/mol. The maximum atomic E-state index is 6.28. The van der Waals surface area contributed by atoms with Gasteiger partial charge in [0.15, 0.2) is 0 Å². The van der Waals surface area contributed by atoms with E-state index in [1.165, 1.54) is 43.4 Å². The third kappa shape index (κ3) is 3.70. The number of rotatable bonds is 4. The summed E-state index contributed by atoms with van der Waals surface area (Å²) >= 11 is 0. The van der Waals surface area contributed by atoms with Gasteiger partial charge in [0.1, 0.15) is 0 Å². The molecule has 1 N–H and O–H groups in total. The van der Waals surface area contributed by atoms with Gasteiger partial charge in [-0.25, -0.2) is 0 Å². The van der Waals surface area contributed by atoms with E-state index in [0.717, 1.165) is 13.0 Å². The van der Waals surface area contributed by atoms with E-state index in [1.54, 1.807) is 0 Å². The van der Waals surface area contributed by atoms with Crippen molar-refractivity contribution in [2.75, 3.05) is 13.7 Å². The first kappa shape index (κ1) is 17.9. The molecule has 1 aromatic heterocycles. The number of ether oxygens (including phenoxy) is 1. The summed E-state index contributed by atoms with van der Waals surface area (Å²) in [6.07, 6.45) is 9.25. The Morgan fingerprint density at radius 1 is 1.33 bits per heavy atom. The number of aryl methyl sites for hydroxylation is 1. The Bertz CT molecular complexity index is 580. The van der Waals surface area contributed by atoms with Crippen molar-refractivity contribution in [2.24, 2.45) is 12.5 Å². The molecule has 0 unspecified atom stereocenters. The molecular formula is C20H35N3O. The van der Waals surface area contributed by atoms with Crippen LogP contribution < -0.4 is 5.32 Å². The summed E-state index contributed by atoms with van der Waals surface area (Å²) < 4.78 is 8.27. The van der Waals surface area contributed by atoms with Crippen LogP contribution in [0.1, 0.15) is 77.0 Å². The average Bonchev–Trinajstić information content (AvgIpc) is 3.00. The summed E-state index contributed by atoms with van der Waals surface area (Å²) in [5, 5.41) is 8.27. The molecule has 3 rings (SSSR count). The molecule has 0 amide bonds. The Kier molecular flexibility index (Phi) is 4.59. The molecule has 24 heavy (non-hydrogen) atoms. The summed E-state index contributed by atoms with van der Waals surface area (Å²) in [5.74, 6) is 0.590. The summed E-state index contributed by atoms with van der Waals surface area (Å²) in [6.45, 7) is 10.1. The Balaban J connectivity index is 1.71. The minimum atomic E-state index is 0.103. The van der Waals surface area contributed by atoms with Crippen molar-refractivity contribution in [2.45, 2.75) is 83.3 Å². The molecule has 1 saturated heterocycles. The summed E-state index contributed by atoms with van der Waals surface area (Å²) in [6, 6.07) is 0. The van der Waals surface area contributed by atoms with Crippen LogP contribution in [0.5, 0.6) is 0 Å². The topological polar surface area (TPSA) is 39.1 Å². The van der Waals surface area contributed by atoms with Crippen molar-refractivity contribution in [3.8, 4) is 0 Å². The molecule has 0 aromatic carbocycles. The lowest BCUT2D eigenvalue weighted by molar-refractivity contribution is -0.0296. The van der Waals surface area contributed by atoms with Crippen LogP contribution in [0.25, 0.3) is 0 Å². The molecule has 2 heterocycles. The largest absolute Gasteiger partial charge is 0.374 e. The van der Waals surface area contributed by atoms with Crippen LogP contribution in [0.15, 0.2) is 6.20 Å². The second-order valence-corrected chi connectivity index (χ2v) is 9.61. The van der Waals surface area contributed by atoms with Crippen molar-refractivity contribution in [3.05, 3.63) is 17.5 Å². The lowest BCUT2D eigenvalue weighted by Gasteiger charge is -2.37. The van der Waals surface area contributed by atoms with Gasteiger partial charge in [-0.15, -0.1) is 0 Å². The minimum absolute atomic E-state index is 0.103. The van der Waals surface area contributed by atoms with E-state index >= 15 is 0 Å². The number of aromatic nitrogens is 2. The zero-order valence-corrected chi connectivity index (χ0v) is 16.4. The highest BCUT2D eigenvalue weighted by Crippen LogP contribution is 2.50. The van der Waals surface area contributed by atoms with E-state index in [-0.39, 0.29) is 11.1 Å². The Labute approximate surface area is 147 Å². The van der Waals surface area contributed by atoms with Gasteiger partial charge in [0, 0.05) is 24.7 Å². The number of hydrogen-bond acceptors (Lipinski definition) is 3. The first-order valence-electron chi connectivity index (χ1n) is 9.49. The average molecular weight is 334 g/mol. The smallest absolute Gasteiger partial charge is 0.0689 e. The quantitative estimate of drug-likeness (QED) is 0.911. The van der Waals surface area contributed by atoms with Crippen LogP contribution in [0.2, 0.25) is 0 Å². The fourth-order valence-corrected chi connectivity index (χ4v) is 4.66. The molecule has 0 bridgehead atoms. The highest BCUT2D eigenvalue weighted by Gasteiger charge is 2.46. The van der Waals surface area contributed by atoms with Crippen LogP contribution in [-0.2, 0) is 18.2 Å². The maximum absolute atomic E-state index is 6.28. The zero-order valence-electron chi connectivity index (χ0n) is 16.4. The summed E-state index contributed by atoms with van der Waals surface area (Å²) in [7, 11) is 4.09. The molecule has 2 fully saturated rings. The summed E-state index contributed by atoms with van der Waals surface area (Å²) in [5.41, 5.74) is 3.34. The third-order valence-corrected chi connectivity index (χ3v) is 6.10. The molecule has 4 nitrogen and oxygen atoms in total. The first-order valence-corrected chi connectivity index (χ1v) is 9.49. The van der Waals surface area contributed by atoms with Crippen LogP contribution in [0.4, 0.5) is 0 Å². The Morgan fingerprint density at radius 2 is 2.00 bits per heavy atom. The molecule has 0 atom stereocenters. The van der Waals surface area contributed by atoms with Gasteiger partial charge >= 0.3 is 0 Å². The van der Waals surface area contributed by atoms with E-state index in [1.807, 2.05) is 18.8 Å². The predicted molar refractivity (Wildman–Crippen MR) is 98.3 cm³/mol. The second kappa shape index (κ2) is 6.14. The normalized spacial score (nSPS) is 30.2. The van der Waals surface area contributed by atoms with Gasteiger partial charge in [-0.2, -0.15) is 5.10 Å². The lowest BCUT2D eigenvalue weighted by atomic mass is 9.72. The van der Waals surface area contributed by atoms with Crippen LogP contribution in [-0.4, -0.2) is 34.6 Å². The molecule has 136 valence electrons. The van der Waals surface area contributed by atoms with Crippen LogP contribution in [0.3, 0.4) is 0 Å². The molecule has 1 saturated carbocycles. The van der Waals surface area contributed by atoms with Gasteiger partial charge in [-0.3, -0.25) is 4.68 Å². The number of nitrogens with one attached hydrogen (secondary N) is 1. The third-order valence-electron chi connectivity index (χ3n) is 6.10. The standard InChI is InChI=1S/C20H35N3O/c1-18(2)13-20(24-14-18)9-7-15(8-10-20)17-16(12-23(6)22-17)11-19(3,4)21-5/h12,15,21H,7-11,13-14H2,1-6H3. The zero-order chi connectivity index (χ0) is 17.6. The van der Waals surface area contributed by atoms with E-state index in [2.05, 4.69) is 39.2 Å². The van der Waals surface area contributed by atoms with Crippen molar-refractivity contribution in [3.63, 3.8) is 0 Å². The number of likely N-dealkylation sites (N-methyl/N-ethyl adjacent to an activating group) is 1. The highest BCUT2D eigenvalue weighted by atomic mass is 16.5. The molecule has 1 aromatic rings. The summed E-state index contributed by atoms with van der Waals surface area (Å²) in [4.78, 5) is 0. The van der Waals surface area contributed by atoms with E-state index < -0.39 is 0 Å². The number of nitrogens with zero attached hydrogens (tertiary/aromatic N) is 2.